The van der Waals surface area contributed by atoms with Crippen LogP contribution in [-0.4, -0.2) is 17.5 Å². The summed E-state index contributed by atoms with van der Waals surface area (Å²) >= 11 is 0. The number of aryl methyl sites for hydroxylation is 1. The Labute approximate surface area is 120 Å². The van der Waals surface area contributed by atoms with Gasteiger partial charge < -0.3 is 10.2 Å². The van der Waals surface area contributed by atoms with Gasteiger partial charge in [0, 0.05) is 19.1 Å². The summed E-state index contributed by atoms with van der Waals surface area (Å²) in [6.45, 7) is 6.02. The zero-order chi connectivity index (χ0) is 14.1. The molecule has 3 rings (SSSR count). The van der Waals surface area contributed by atoms with E-state index in [-0.39, 0.29) is 12.1 Å². The zero-order valence-corrected chi connectivity index (χ0v) is 12.2. The number of benzene rings is 1. The van der Waals surface area contributed by atoms with Crippen molar-refractivity contribution in [1.82, 2.24) is 4.90 Å². The third kappa shape index (κ3) is 2.51. The number of nitrogens with two attached hydrogens (primary N) is 1. The molecule has 2 heterocycles. The molecule has 20 heavy (non-hydrogen) atoms. The van der Waals surface area contributed by atoms with Crippen molar-refractivity contribution in [2.75, 3.05) is 6.54 Å². The molecule has 2 aromatic rings. The van der Waals surface area contributed by atoms with Gasteiger partial charge in [0.2, 0.25) is 0 Å². The Balaban J connectivity index is 1.87. The number of rotatable bonds is 3. The van der Waals surface area contributed by atoms with Crippen molar-refractivity contribution in [3.63, 3.8) is 0 Å². The Morgan fingerprint density at radius 1 is 1.15 bits per heavy atom. The van der Waals surface area contributed by atoms with E-state index >= 15 is 0 Å². The first-order chi connectivity index (χ1) is 9.65. The first-order valence-corrected chi connectivity index (χ1v) is 7.28. The fraction of sp³-hybridized carbons (Fsp3) is 0.412. The van der Waals surface area contributed by atoms with Crippen LogP contribution >= 0.6 is 0 Å². The summed E-state index contributed by atoms with van der Waals surface area (Å²) in [6.07, 6.45) is 1.08. The van der Waals surface area contributed by atoms with Crippen LogP contribution in [-0.2, 0) is 13.0 Å². The van der Waals surface area contributed by atoms with Crippen molar-refractivity contribution in [3.8, 4) is 0 Å². The van der Waals surface area contributed by atoms with E-state index in [0.717, 1.165) is 31.0 Å². The first-order valence-electron chi connectivity index (χ1n) is 7.28. The topological polar surface area (TPSA) is 42.4 Å². The van der Waals surface area contributed by atoms with E-state index < -0.39 is 0 Å². The summed E-state index contributed by atoms with van der Waals surface area (Å²) in [7, 11) is 0. The monoisotopic (exact) mass is 270 g/mol. The number of hydrogen-bond acceptors (Lipinski definition) is 3. The number of fused-ring (bicyclic) bond motifs is 1. The molecule has 0 fully saturated rings. The van der Waals surface area contributed by atoms with Crippen LogP contribution in [0.5, 0.6) is 0 Å². The van der Waals surface area contributed by atoms with Crippen LogP contribution in [0.4, 0.5) is 0 Å². The van der Waals surface area contributed by atoms with Crippen LogP contribution in [0.2, 0.25) is 0 Å². The van der Waals surface area contributed by atoms with E-state index in [1.165, 1.54) is 11.1 Å². The van der Waals surface area contributed by atoms with Gasteiger partial charge in [-0.3, -0.25) is 4.90 Å². The summed E-state index contributed by atoms with van der Waals surface area (Å²) in [5.74, 6) is 1.93. The van der Waals surface area contributed by atoms with Crippen molar-refractivity contribution in [1.29, 1.82) is 0 Å². The predicted molar refractivity (Wildman–Crippen MR) is 80.4 cm³/mol. The molecule has 0 bridgehead atoms. The van der Waals surface area contributed by atoms with Crippen molar-refractivity contribution >= 4 is 0 Å². The highest BCUT2D eigenvalue weighted by molar-refractivity contribution is 5.29. The van der Waals surface area contributed by atoms with E-state index in [0.29, 0.717) is 0 Å². The van der Waals surface area contributed by atoms with Crippen molar-refractivity contribution in [3.05, 3.63) is 59.0 Å². The molecule has 0 saturated heterocycles. The molecule has 106 valence electrons. The largest absolute Gasteiger partial charge is 0.465 e. The molecule has 0 amide bonds. The second kappa shape index (κ2) is 5.43. The first kappa shape index (κ1) is 13.4. The summed E-state index contributed by atoms with van der Waals surface area (Å²) in [6, 6.07) is 12.9. The fourth-order valence-electron chi connectivity index (χ4n) is 3.14. The molecule has 0 radical (unpaired) electrons. The highest BCUT2D eigenvalue weighted by Gasteiger charge is 2.29. The van der Waals surface area contributed by atoms with Gasteiger partial charge in [-0.2, -0.15) is 0 Å². The van der Waals surface area contributed by atoms with Gasteiger partial charge in [0.15, 0.2) is 0 Å². The number of hydrogen-bond donors (Lipinski definition) is 1. The number of furan rings is 1. The van der Waals surface area contributed by atoms with Gasteiger partial charge >= 0.3 is 0 Å². The Hall–Kier alpha value is -1.58. The third-order valence-electron chi connectivity index (χ3n) is 4.10. The molecule has 0 aliphatic carbocycles. The van der Waals surface area contributed by atoms with Gasteiger partial charge in [0.1, 0.15) is 11.5 Å². The molecule has 2 N–H and O–H groups in total. The standard InChI is InChI=1S/C17H22N2O/c1-12-7-8-16(20-12)17(13(2)18)19-10-9-14-5-3-4-6-15(14)11-19/h3-8,13,17H,9-11,18H2,1-2H3. The van der Waals surface area contributed by atoms with Gasteiger partial charge in [0.25, 0.3) is 0 Å². The average molecular weight is 270 g/mol. The van der Waals surface area contributed by atoms with E-state index in [9.17, 15) is 0 Å². The molecule has 2 atom stereocenters. The second-order valence-corrected chi connectivity index (χ2v) is 5.74. The maximum atomic E-state index is 6.23. The van der Waals surface area contributed by atoms with Gasteiger partial charge in [-0.05, 0) is 43.5 Å². The van der Waals surface area contributed by atoms with E-state index in [4.69, 9.17) is 10.2 Å². The quantitative estimate of drug-likeness (QED) is 0.932. The minimum Gasteiger partial charge on any atom is -0.465 e. The lowest BCUT2D eigenvalue weighted by Crippen LogP contribution is -2.42. The smallest absolute Gasteiger partial charge is 0.122 e. The van der Waals surface area contributed by atoms with Crippen LogP contribution in [0.3, 0.4) is 0 Å². The lowest BCUT2D eigenvalue weighted by Gasteiger charge is -2.36. The number of nitrogens with zero attached hydrogens (tertiary/aromatic N) is 1. The molecule has 1 aliphatic rings. The summed E-state index contributed by atoms with van der Waals surface area (Å²) < 4.78 is 5.83. The maximum Gasteiger partial charge on any atom is 0.122 e. The molecule has 1 aromatic carbocycles. The van der Waals surface area contributed by atoms with Crippen LogP contribution in [0.15, 0.2) is 40.8 Å². The lowest BCUT2D eigenvalue weighted by atomic mass is 9.96. The SMILES string of the molecule is Cc1ccc(C(C(C)N)N2CCc3ccccc3C2)o1. The normalized spacial score (nSPS) is 18.6. The Morgan fingerprint density at radius 2 is 1.90 bits per heavy atom. The van der Waals surface area contributed by atoms with Crippen molar-refractivity contribution < 1.29 is 4.42 Å². The molecular formula is C17H22N2O. The Bertz CT molecular complexity index is 588. The summed E-state index contributed by atoms with van der Waals surface area (Å²) in [5, 5.41) is 0. The van der Waals surface area contributed by atoms with Crippen LogP contribution in [0.25, 0.3) is 0 Å². The highest BCUT2D eigenvalue weighted by atomic mass is 16.3. The highest BCUT2D eigenvalue weighted by Crippen LogP contribution is 2.30. The van der Waals surface area contributed by atoms with Crippen LogP contribution in [0.1, 0.15) is 35.6 Å². The van der Waals surface area contributed by atoms with Gasteiger partial charge in [-0.15, -0.1) is 0 Å². The van der Waals surface area contributed by atoms with Gasteiger partial charge in [-0.25, -0.2) is 0 Å². The fourth-order valence-corrected chi connectivity index (χ4v) is 3.14. The van der Waals surface area contributed by atoms with E-state index in [2.05, 4.69) is 42.2 Å². The van der Waals surface area contributed by atoms with Gasteiger partial charge in [-0.1, -0.05) is 24.3 Å². The third-order valence-corrected chi connectivity index (χ3v) is 4.10. The van der Waals surface area contributed by atoms with Crippen molar-refractivity contribution in [2.45, 2.75) is 38.9 Å². The Morgan fingerprint density at radius 3 is 2.55 bits per heavy atom. The minimum absolute atomic E-state index is 0.0470. The summed E-state index contributed by atoms with van der Waals surface area (Å²) in [5.41, 5.74) is 9.10. The van der Waals surface area contributed by atoms with E-state index in [1.54, 1.807) is 0 Å². The minimum atomic E-state index is 0.0470. The zero-order valence-electron chi connectivity index (χ0n) is 12.2. The molecule has 2 unspecified atom stereocenters. The van der Waals surface area contributed by atoms with Gasteiger partial charge in [0.05, 0.1) is 6.04 Å². The second-order valence-electron chi connectivity index (χ2n) is 5.74. The van der Waals surface area contributed by atoms with Crippen LogP contribution in [0, 0.1) is 6.92 Å². The molecular weight excluding hydrogens is 248 g/mol. The molecule has 3 heteroatoms. The molecule has 3 nitrogen and oxygen atoms in total. The summed E-state index contributed by atoms with van der Waals surface area (Å²) in [4.78, 5) is 2.44. The van der Waals surface area contributed by atoms with Crippen molar-refractivity contribution in [2.24, 2.45) is 5.73 Å². The molecule has 0 spiro atoms. The maximum absolute atomic E-state index is 6.23. The average Bonchev–Trinajstić information content (AvgIpc) is 2.85. The van der Waals surface area contributed by atoms with Crippen LogP contribution < -0.4 is 5.73 Å². The predicted octanol–water partition coefficient (Wildman–Crippen LogP) is 3.03. The lowest BCUT2D eigenvalue weighted by molar-refractivity contribution is 0.139. The molecule has 1 aromatic heterocycles. The Kier molecular flexibility index (Phi) is 3.64. The molecule has 1 aliphatic heterocycles. The van der Waals surface area contributed by atoms with E-state index in [1.807, 2.05) is 13.0 Å². The molecule has 0 saturated carbocycles.